The zero-order valence-corrected chi connectivity index (χ0v) is 25.4. The van der Waals surface area contributed by atoms with Crippen molar-refractivity contribution in [2.24, 2.45) is 0 Å². The molecule has 0 unspecified atom stereocenters. The van der Waals surface area contributed by atoms with Gasteiger partial charge in [-0.25, -0.2) is 0 Å². The third kappa shape index (κ3) is 4.93. The molecule has 0 saturated carbocycles. The average molecular weight is 566 g/mol. The summed E-state index contributed by atoms with van der Waals surface area (Å²) in [5.74, 6) is 0. The molecule has 6 rings (SSSR count). The predicted molar refractivity (Wildman–Crippen MR) is 193 cm³/mol. The van der Waals surface area contributed by atoms with Gasteiger partial charge in [-0.2, -0.15) is 0 Å². The number of hydrogen-bond donors (Lipinski definition) is 0. The number of nitrogens with zero attached hydrogens (tertiary/aromatic N) is 1. The molecule has 0 fully saturated rings. The molecule has 6 aromatic rings. The molecule has 1 aromatic heterocycles. The van der Waals surface area contributed by atoms with Gasteiger partial charge in [-0.1, -0.05) is 147 Å². The molecule has 0 aliphatic heterocycles. The largest absolute Gasteiger partial charge is 0.261 e. The average Bonchev–Trinajstić information content (AvgIpc) is 3.07. The lowest BCUT2D eigenvalue weighted by Gasteiger charge is -2.23. The lowest BCUT2D eigenvalue weighted by Crippen LogP contribution is -1.99. The summed E-state index contributed by atoms with van der Waals surface area (Å²) in [6.45, 7) is 21.2. The highest BCUT2D eigenvalue weighted by Gasteiger charge is 2.21. The summed E-state index contributed by atoms with van der Waals surface area (Å²) in [5, 5.41) is 2.31. The van der Waals surface area contributed by atoms with Crippen molar-refractivity contribution in [1.29, 1.82) is 0 Å². The molecule has 1 heteroatoms. The molecule has 0 amide bonds. The van der Waals surface area contributed by atoms with E-state index in [0.29, 0.717) is 0 Å². The van der Waals surface area contributed by atoms with Crippen LogP contribution in [0, 0.1) is 13.8 Å². The number of rotatable bonds is 8. The summed E-state index contributed by atoms with van der Waals surface area (Å²) in [7, 11) is 0. The number of hydrogen-bond acceptors (Lipinski definition) is 1. The van der Waals surface area contributed by atoms with Gasteiger partial charge in [0.15, 0.2) is 0 Å². The molecule has 1 nitrogen and oxygen atoms in total. The second-order valence-corrected chi connectivity index (χ2v) is 11.1. The third-order valence-corrected chi connectivity index (χ3v) is 8.45. The van der Waals surface area contributed by atoms with Crippen LogP contribution in [-0.2, 0) is 0 Å². The van der Waals surface area contributed by atoms with Crippen LogP contribution in [0.15, 0.2) is 130 Å². The minimum absolute atomic E-state index is 1.01. The maximum absolute atomic E-state index is 4.48. The second kappa shape index (κ2) is 12.0. The van der Waals surface area contributed by atoms with Gasteiger partial charge >= 0.3 is 0 Å². The van der Waals surface area contributed by atoms with Gasteiger partial charge in [0.1, 0.15) is 0 Å². The zero-order valence-electron chi connectivity index (χ0n) is 25.4. The highest BCUT2D eigenvalue weighted by Crippen LogP contribution is 2.46. The first-order valence-corrected chi connectivity index (χ1v) is 14.8. The van der Waals surface area contributed by atoms with Crippen LogP contribution in [0.4, 0.5) is 0 Å². The first kappa shape index (κ1) is 28.6. The van der Waals surface area contributed by atoms with Crippen molar-refractivity contribution in [2.45, 2.75) is 13.8 Å². The van der Waals surface area contributed by atoms with Gasteiger partial charge in [-0.15, -0.1) is 0 Å². The Bertz CT molecular complexity index is 2060. The van der Waals surface area contributed by atoms with Gasteiger partial charge < -0.3 is 0 Å². The summed E-state index contributed by atoms with van der Waals surface area (Å²) < 4.78 is 0. The van der Waals surface area contributed by atoms with E-state index < -0.39 is 0 Å². The monoisotopic (exact) mass is 565 g/mol. The van der Waals surface area contributed by atoms with Crippen LogP contribution in [-0.4, -0.2) is 4.98 Å². The van der Waals surface area contributed by atoms with Gasteiger partial charge in [0.25, 0.3) is 0 Å². The van der Waals surface area contributed by atoms with E-state index >= 15 is 0 Å². The van der Waals surface area contributed by atoms with E-state index in [4.69, 9.17) is 0 Å². The van der Waals surface area contributed by atoms with Crippen LogP contribution < -0.4 is 0 Å². The van der Waals surface area contributed by atoms with Crippen molar-refractivity contribution in [3.8, 4) is 44.5 Å². The van der Waals surface area contributed by atoms with Gasteiger partial charge in [-0.05, 0) is 91.9 Å². The van der Waals surface area contributed by atoms with E-state index in [1.54, 1.807) is 0 Å². The Kier molecular flexibility index (Phi) is 7.79. The molecule has 44 heavy (non-hydrogen) atoms. The van der Waals surface area contributed by atoms with Gasteiger partial charge in [0.05, 0.1) is 0 Å². The Balaban J connectivity index is 1.61. The molecule has 0 aliphatic carbocycles. The van der Waals surface area contributed by atoms with Gasteiger partial charge in [0, 0.05) is 17.5 Å². The highest BCUT2D eigenvalue weighted by atomic mass is 14.7. The molecule has 0 spiro atoms. The SMILES string of the molecule is C=Cc1c(-c2ccc(C)cc2)ccc(-c2c(C=C)c(C=C)c(-c3ccc(-c4ccc(C)nc4)cc3)c3ccccc23)c1C=C. The quantitative estimate of drug-likeness (QED) is 0.179. The van der Waals surface area contributed by atoms with Crippen LogP contribution in [0.5, 0.6) is 0 Å². The topological polar surface area (TPSA) is 12.9 Å². The summed E-state index contributed by atoms with van der Waals surface area (Å²) in [6, 6.07) is 34.5. The number of aromatic nitrogens is 1. The lowest BCUT2D eigenvalue weighted by molar-refractivity contribution is 1.20. The smallest absolute Gasteiger partial charge is 0.0373 e. The number of pyridine rings is 1. The molecule has 0 saturated heterocycles. The van der Waals surface area contributed by atoms with Crippen molar-refractivity contribution in [1.82, 2.24) is 4.98 Å². The Morgan fingerprint density at radius 3 is 1.55 bits per heavy atom. The number of fused-ring (bicyclic) bond motifs is 1. The Morgan fingerprint density at radius 2 is 0.955 bits per heavy atom. The summed E-state index contributed by atoms with van der Waals surface area (Å²) in [4.78, 5) is 4.48. The van der Waals surface area contributed by atoms with Crippen LogP contribution in [0.1, 0.15) is 33.5 Å². The van der Waals surface area contributed by atoms with Gasteiger partial charge in [0.2, 0.25) is 0 Å². The van der Waals surface area contributed by atoms with E-state index in [0.717, 1.165) is 83.2 Å². The zero-order chi connectivity index (χ0) is 30.8. The predicted octanol–water partition coefficient (Wildman–Crippen LogP) is 12.1. The van der Waals surface area contributed by atoms with Crippen LogP contribution in [0.2, 0.25) is 0 Å². The summed E-state index contributed by atoms with van der Waals surface area (Å²) >= 11 is 0. The molecule has 0 atom stereocenters. The Hall–Kier alpha value is -5.53. The molecule has 0 bridgehead atoms. The summed E-state index contributed by atoms with van der Waals surface area (Å²) in [6.07, 6.45) is 9.75. The van der Waals surface area contributed by atoms with Crippen molar-refractivity contribution < 1.29 is 0 Å². The normalized spacial score (nSPS) is 10.9. The number of benzene rings is 5. The van der Waals surface area contributed by atoms with E-state index in [1.165, 1.54) is 5.56 Å². The molecular formula is C43H35N. The second-order valence-electron chi connectivity index (χ2n) is 11.1. The Labute approximate surface area is 260 Å². The molecule has 0 N–H and O–H groups in total. The van der Waals surface area contributed by atoms with Crippen LogP contribution in [0.3, 0.4) is 0 Å². The van der Waals surface area contributed by atoms with Crippen LogP contribution in [0.25, 0.3) is 79.6 Å². The minimum atomic E-state index is 1.01. The first-order valence-electron chi connectivity index (χ1n) is 14.8. The van der Waals surface area contributed by atoms with E-state index in [2.05, 4.69) is 129 Å². The Morgan fingerprint density at radius 1 is 0.455 bits per heavy atom. The van der Waals surface area contributed by atoms with Crippen LogP contribution >= 0.6 is 0 Å². The minimum Gasteiger partial charge on any atom is -0.261 e. The van der Waals surface area contributed by atoms with Crippen molar-refractivity contribution in [3.05, 3.63) is 163 Å². The first-order chi connectivity index (χ1) is 21.5. The molecule has 1 heterocycles. The fraction of sp³-hybridized carbons (Fsp3) is 0.0465. The fourth-order valence-corrected chi connectivity index (χ4v) is 6.25. The van der Waals surface area contributed by atoms with E-state index in [-0.39, 0.29) is 0 Å². The van der Waals surface area contributed by atoms with Crippen molar-refractivity contribution in [2.75, 3.05) is 0 Å². The summed E-state index contributed by atoms with van der Waals surface area (Å²) in [5.41, 5.74) is 15.4. The number of aryl methyl sites for hydroxylation is 2. The molecule has 212 valence electrons. The fourth-order valence-electron chi connectivity index (χ4n) is 6.25. The molecule has 5 aromatic carbocycles. The lowest BCUT2D eigenvalue weighted by atomic mass is 9.80. The third-order valence-electron chi connectivity index (χ3n) is 8.45. The standard InChI is InChI=1S/C43H35N/c1-7-34-35(8-2)41(26-25-38(34)31-18-15-28(5)16-19-31)43-37(10-4)36(9-3)42(39-13-11-12-14-40(39)43)32-23-21-30(22-24-32)33-20-17-29(6)44-27-33/h7-27H,1-4H2,5-6H3. The van der Waals surface area contributed by atoms with E-state index in [9.17, 15) is 0 Å². The molecular weight excluding hydrogens is 530 g/mol. The maximum Gasteiger partial charge on any atom is 0.0373 e. The van der Waals surface area contributed by atoms with Crippen molar-refractivity contribution >= 4 is 35.1 Å². The molecule has 0 aliphatic rings. The van der Waals surface area contributed by atoms with Gasteiger partial charge in [-0.3, -0.25) is 4.98 Å². The van der Waals surface area contributed by atoms with E-state index in [1.807, 2.05) is 43.5 Å². The molecule has 0 radical (unpaired) electrons. The van der Waals surface area contributed by atoms with Crippen molar-refractivity contribution in [3.63, 3.8) is 0 Å². The maximum atomic E-state index is 4.48. The highest BCUT2D eigenvalue weighted by molar-refractivity contribution is 6.13.